The maximum atomic E-state index is 12.5. The van der Waals surface area contributed by atoms with E-state index in [1.165, 1.54) is 5.56 Å². The second-order valence-electron chi connectivity index (χ2n) is 5.20. The Bertz CT molecular complexity index is 460. The highest BCUT2D eigenvalue weighted by Gasteiger charge is 2.25. The van der Waals surface area contributed by atoms with E-state index in [1.54, 1.807) is 0 Å². The summed E-state index contributed by atoms with van der Waals surface area (Å²) in [5.41, 5.74) is 3.43. The van der Waals surface area contributed by atoms with Gasteiger partial charge in [0.15, 0.2) is 0 Å². The van der Waals surface area contributed by atoms with Crippen LogP contribution in [0.2, 0.25) is 0 Å². The zero-order chi connectivity index (χ0) is 14.0. The van der Waals surface area contributed by atoms with Gasteiger partial charge in [-0.05, 0) is 32.8 Å². The maximum Gasteiger partial charge on any atom is 0.247 e. The number of aromatic nitrogens is 2. The van der Waals surface area contributed by atoms with E-state index in [0.29, 0.717) is 0 Å². The monoisotopic (exact) mass is 264 g/mol. The number of hydrogen-bond acceptors (Lipinski definition) is 3. The Hall–Kier alpha value is -1.36. The summed E-state index contributed by atoms with van der Waals surface area (Å²) < 4.78 is 1.89. The van der Waals surface area contributed by atoms with Crippen LogP contribution in [0.15, 0.2) is 0 Å². The van der Waals surface area contributed by atoms with Gasteiger partial charge in [0.1, 0.15) is 6.04 Å². The number of piperazine rings is 1. The molecule has 0 aromatic carbocycles. The molecule has 1 aliphatic rings. The molecule has 1 amide bonds. The van der Waals surface area contributed by atoms with Crippen molar-refractivity contribution in [1.29, 1.82) is 0 Å². The quantitative estimate of drug-likeness (QED) is 0.888. The molecule has 2 heterocycles. The molecular weight excluding hydrogens is 240 g/mol. The summed E-state index contributed by atoms with van der Waals surface area (Å²) in [5, 5.41) is 7.82. The summed E-state index contributed by atoms with van der Waals surface area (Å²) in [4.78, 5) is 14.4. The first kappa shape index (κ1) is 14.1. The average Bonchev–Trinajstić information content (AvgIpc) is 2.72. The molecule has 5 heteroatoms. The van der Waals surface area contributed by atoms with E-state index in [4.69, 9.17) is 0 Å². The van der Waals surface area contributed by atoms with E-state index < -0.39 is 0 Å². The molecule has 2 rings (SSSR count). The number of hydrogen-bond donors (Lipinski definition) is 1. The van der Waals surface area contributed by atoms with Gasteiger partial charge in [0.2, 0.25) is 5.91 Å². The van der Waals surface area contributed by atoms with Gasteiger partial charge in [-0.1, -0.05) is 6.92 Å². The summed E-state index contributed by atoms with van der Waals surface area (Å²) in [6, 6.07) is -0.211. The van der Waals surface area contributed by atoms with Crippen LogP contribution in [0.5, 0.6) is 0 Å². The van der Waals surface area contributed by atoms with Gasteiger partial charge >= 0.3 is 0 Å². The van der Waals surface area contributed by atoms with Crippen molar-refractivity contribution >= 4 is 5.91 Å². The molecule has 0 aliphatic carbocycles. The van der Waals surface area contributed by atoms with Crippen molar-refractivity contribution < 1.29 is 4.79 Å². The van der Waals surface area contributed by atoms with E-state index in [1.807, 2.05) is 23.4 Å². The Kier molecular flexibility index (Phi) is 4.24. The molecule has 1 saturated heterocycles. The molecule has 0 bridgehead atoms. The molecule has 0 spiro atoms. The molecule has 1 unspecified atom stereocenters. The van der Waals surface area contributed by atoms with Crippen molar-refractivity contribution in [2.75, 3.05) is 26.2 Å². The number of amides is 1. The van der Waals surface area contributed by atoms with Crippen LogP contribution in [0.1, 0.15) is 36.8 Å². The van der Waals surface area contributed by atoms with Crippen molar-refractivity contribution in [1.82, 2.24) is 20.0 Å². The Morgan fingerprint density at radius 2 is 2.00 bits per heavy atom. The Balaban J connectivity index is 2.18. The van der Waals surface area contributed by atoms with E-state index in [-0.39, 0.29) is 11.9 Å². The second-order valence-corrected chi connectivity index (χ2v) is 5.20. The highest BCUT2D eigenvalue weighted by Crippen LogP contribution is 2.19. The Morgan fingerprint density at radius 1 is 1.37 bits per heavy atom. The SMILES string of the molecule is CCc1c(C)nn(C(C)C(=O)N2CCNCC2)c1C. The van der Waals surface area contributed by atoms with Crippen LogP contribution >= 0.6 is 0 Å². The zero-order valence-corrected chi connectivity index (χ0v) is 12.4. The van der Waals surface area contributed by atoms with Gasteiger partial charge in [-0.3, -0.25) is 9.48 Å². The summed E-state index contributed by atoms with van der Waals surface area (Å²) in [6.07, 6.45) is 0.964. The van der Waals surface area contributed by atoms with Gasteiger partial charge < -0.3 is 10.2 Å². The number of rotatable bonds is 3. The van der Waals surface area contributed by atoms with Crippen LogP contribution in [0.25, 0.3) is 0 Å². The molecule has 0 radical (unpaired) electrons. The fraction of sp³-hybridized carbons (Fsp3) is 0.714. The molecule has 1 aromatic rings. The lowest BCUT2D eigenvalue weighted by atomic mass is 10.1. The Labute approximate surface area is 115 Å². The lowest BCUT2D eigenvalue weighted by Gasteiger charge is -2.30. The molecule has 1 aromatic heterocycles. The first-order chi connectivity index (χ1) is 9.06. The second kappa shape index (κ2) is 5.74. The van der Waals surface area contributed by atoms with Crippen LogP contribution < -0.4 is 5.32 Å². The molecular formula is C14H24N4O. The number of nitrogens with one attached hydrogen (secondary N) is 1. The van der Waals surface area contributed by atoms with Crippen LogP contribution in [0, 0.1) is 13.8 Å². The summed E-state index contributed by atoms with van der Waals surface area (Å²) in [6.45, 7) is 11.5. The van der Waals surface area contributed by atoms with Gasteiger partial charge in [0.25, 0.3) is 0 Å². The van der Waals surface area contributed by atoms with Gasteiger partial charge in [-0.25, -0.2) is 0 Å². The first-order valence-corrected chi connectivity index (χ1v) is 7.10. The first-order valence-electron chi connectivity index (χ1n) is 7.10. The minimum atomic E-state index is -0.211. The minimum absolute atomic E-state index is 0.176. The largest absolute Gasteiger partial charge is 0.338 e. The molecule has 1 aliphatic heterocycles. The smallest absolute Gasteiger partial charge is 0.247 e. The fourth-order valence-corrected chi connectivity index (χ4v) is 2.84. The zero-order valence-electron chi connectivity index (χ0n) is 12.4. The van der Waals surface area contributed by atoms with Gasteiger partial charge in [0.05, 0.1) is 5.69 Å². The number of carbonyl (C=O) groups excluding carboxylic acids is 1. The third-order valence-electron chi connectivity index (χ3n) is 3.98. The lowest BCUT2D eigenvalue weighted by molar-refractivity contribution is -0.135. The van der Waals surface area contributed by atoms with Crippen molar-refractivity contribution in [3.63, 3.8) is 0 Å². The maximum absolute atomic E-state index is 12.5. The van der Waals surface area contributed by atoms with Gasteiger partial charge in [0, 0.05) is 31.9 Å². The lowest BCUT2D eigenvalue weighted by Crippen LogP contribution is -2.48. The third-order valence-corrected chi connectivity index (χ3v) is 3.98. The molecule has 19 heavy (non-hydrogen) atoms. The predicted octanol–water partition coefficient (Wildman–Crippen LogP) is 1.06. The average molecular weight is 264 g/mol. The predicted molar refractivity (Wildman–Crippen MR) is 75.2 cm³/mol. The van der Waals surface area contributed by atoms with E-state index in [2.05, 4.69) is 24.3 Å². The molecule has 106 valence electrons. The van der Waals surface area contributed by atoms with Gasteiger partial charge in [-0.15, -0.1) is 0 Å². The summed E-state index contributed by atoms with van der Waals surface area (Å²) in [5.74, 6) is 0.176. The highest BCUT2D eigenvalue weighted by atomic mass is 16.2. The topological polar surface area (TPSA) is 50.2 Å². The normalized spacial score (nSPS) is 17.6. The molecule has 0 saturated carbocycles. The van der Waals surface area contributed by atoms with Crippen molar-refractivity contribution in [2.24, 2.45) is 0 Å². The van der Waals surface area contributed by atoms with Gasteiger partial charge in [-0.2, -0.15) is 5.10 Å². The number of nitrogens with zero attached hydrogens (tertiary/aromatic N) is 3. The van der Waals surface area contributed by atoms with E-state index >= 15 is 0 Å². The number of aryl methyl sites for hydroxylation is 1. The molecule has 1 N–H and O–H groups in total. The Morgan fingerprint density at radius 3 is 2.53 bits per heavy atom. The van der Waals surface area contributed by atoms with Crippen LogP contribution in [0.4, 0.5) is 0 Å². The summed E-state index contributed by atoms with van der Waals surface area (Å²) in [7, 11) is 0. The van der Waals surface area contributed by atoms with Crippen molar-refractivity contribution in [2.45, 2.75) is 40.2 Å². The molecule has 1 atom stereocenters. The minimum Gasteiger partial charge on any atom is -0.338 e. The van der Waals surface area contributed by atoms with Crippen LogP contribution in [0.3, 0.4) is 0 Å². The third kappa shape index (κ3) is 2.66. The van der Waals surface area contributed by atoms with E-state index in [9.17, 15) is 4.79 Å². The molecule has 1 fully saturated rings. The fourth-order valence-electron chi connectivity index (χ4n) is 2.84. The van der Waals surface area contributed by atoms with Crippen LogP contribution in [-0.4, -0.2) is 46.8 Å². The molecule has 5 nitrogen and oxygen atoms in total. The number of carbonyl (C=O) groups is 1. The van der Waals surface area contributed by atoms with E-state index in [0.717, 1.165) is 44.0 Å². The van der Waals surface area contributed by atoms with Crippen molar-refractivity contribution in [3.05, 3.63) is 17.0 Å². The summed E-state index contributed by atoms with van der Waals surface area (Å²) >= 11 is 0. The van der Waals surface area contributed by atoms with Crippen molar-refractivity contribution in [3.8, 4) is 0 Å². The highest BCUT2D eigenvalue weighted by molar-refractivity contribution is 5.80. The standard InChI is InChI=1S/C14H24N4O/c1-5-13-10(2)16-18(11(13)3)12(4)14(19)17-8-6-15-7-9-17/h12,15H,5-9H2,1-4H3. The van der Waals surface area contributed by atoms with Crippen LogP contribution in [-0.2, 0) is 11.2 Å².